The molecule has 2 aromatic carbocycles. The number of nitrogens with one attached hydrogen (secondary N) is 1. The number of halogens is 1. The number of benzene rings is 2. The lowest BCUT2D eigenvalue weighted by Gasteiger charge is -2.09. The summed E-state index contributed by atoms with van der Waals surface area (Å²) < 4.78 is 6.55. The highest BCUT2D eigenvalue weighted by molar-refractivity contribution is 9.10. The molecule has 0 atom stereocenters. The van der Waals surface area contributed by atoms with E-state index in [4.69, 9.17) is 4.74 Å². The Morgan fingerprint density at radius 1 is 1.24 bits per heavy atom. The van der Waals surface area contributed by atoms with Gasteiger partial charge in [0.15, 0.2) is 0 Å². The molecule has 0 aliphatic carbocycles. The molecule has 0 fully saturated rings. The van der Waals surface area contributed by atoms with Crippen molar-refractivity contribution >= 4 is 27.5 Å². The summed E-state index contributed by atoms with van der Waals surface area (Å²) >= 11 is 3.43. The average Bonchev–Trinajstić information content (AvgIpc) is 2.48. The monoisotopic (exact) mass is 347 g/mol. The highest BCUT2D eigenvalue weighted by Gasteiger charge is 2.08. The fraction of sp³-hybridized carbons (Fsp3) is 0.235. The molecule has 3 nitrogen and oxygen atoms in total. The summed E-state index contributed by atoms with van der Waals surface area (Å²) in [6.45, 7) is 4.69. The average molecular weight is 348 g/mol. The van der Waals surface area contributed by atoms with E-state index in [0.717, 1.165) is 27.9 Å². The summed E-state index contributed by atoms with van der Waals surface area (Å²) in [5.41, 5.74) is 2.40. The second-order valence-electron chi connectivity index (χ2n) is 4.79. The van der Waals surface area contributed by atoms with Crippen LogP contribution >= 0.6 is 15.9 Å². The number of carbonyl (C=O) groups is 1. The molecule has 0 unspecified atom stereocenters. The maximum atomic E-state index is 12.2. The molecule has 1 amide bonds. The van der Waals surface area contributed by atoms with Gasteiger partial charge in [0, 0.05) is 21.8 Å². The van der Waals surface area contributed by atoms with Crippen molar-refractivity contribution < 1.29 is 9.53 Å². The molecule has 0 aliphatic rings. The summed E-state index contributed by atoms with van der Waals surface area (Å²) in [5, 5.41) is 2.89. The molecule has 0 saturated carbocycles. The lowest BCUT2D eigenvalue weighted by atomic mass is 10.1. The lowest BCUT2D eigenvalue weighted by Crippen LogP contribution is -2.12. The Morgan fingerprint density at radius 3 is 2.76 bits per heavy atom. The third-order valence-corrected chi connectivity index (χ3v) is 3.87. The van der Waals surface area contributed by atoms with E-state index >= 15 is 0 Å². The van der Waals surface area contributed by atoms with Crippen LogP contribution in [0.4, 0.5) is 5.69 Å². The van der Waals surface area contributed by atoms with Crippen LogP contribution in [-0.2, 0) is 0 Å². The normalized spacial score (nSPS) is 10.2. The van der Waals surface area contributed by atoms with E-state index in [-0.39, 0.29) is 5.91 Å². The van der Waals surface area contributed by atoms with E-state index in [0.29, 0.717) is 12.2 Å². The van der Waals surface area contributed by atoms with Crippen LogP contribution in [0.25, 0.3) is 0 Å². The number of amides is 1. The van der Waals surface area contributed by atoms with E-state index in [1.165, 1.54) is 0 Å². The first-order valence-electron chi connectivity index (χ1n) is 6.90. The first-order chi connectivity index (χ1) is 10.1. The Balaban J connectivity index is 2.10. The minimum atomic E-state index is -0.127. The first kappa shape index (κ1) is 15.6. The molecular formula is C17H18BrNO2. The molecule has 0 radical (unpaired) electrons. The first-order valence-corrected chi connectivity index (χ1v) is 7.70. The maximum absolute atomic E-state index is 12.2. The van der Waals surface area contributed by atoms with Gasteiger partial charge in [-0.05, 0) is 49.2 Å². The highest BCUT2D eigenvalue weighted by atomic mass is 79.9. The summed E-state index contributed by atoms with van der Waals surface area (Å²) in [7, 11) is 0. The van der Waals surface area contributed by atoms with Crippen LogP contribution in [0.1, 0.15) is 29.3 Å². The topological polar surface area (TPSA) is 38.3 Å². The molecule has 0 heterocycles. The van der Waals surface area contributed by atoms with Crippen LogP contribution in [0.3, 0.4) is 0 Å². The summed E-state index contributed by atoms with van der Waals surface area (Å²) in [4.78, 5) is 12.2. The van der Waals surface area contributed by atoms with Gasteiger partial charge in [-0.2, -0.15) is 0 Å². The molecule has 0 bridgehead atoms. The van der Waals surface area contributed by atoms with Gasteiger partial charge >= 0.3 is 0 Å². The van der Waals surface area contributed by atoms with Crippen molar-refractivity contribution in [3.8, 4) is 5.75 Å². The molecule has 1 N–H and O–H groups in total. The van der Waals surface area contributed by atoms with Crippen molar-refractivity contribution in [2.75, 3.05) is 11.9 Å². The molecular weight excluding hydrogens is 330 g/mol. The van der Waals surface area contributed by atoms with Gasteiger partial charge in [-0.25, -0.2) is 0 Å². The smallest absolute Gasteiger partial charge is 0.255 e. The van der Waals surface area contributed by atoms with Gasteiger partial charge in [0.25, 0.3) is 5.91 Å². The van der Waals surface area contributed by atoms with Crippen molar-refractivity contribution in [3.63, 3.8) is 0 Å². The fourth-order valence-electron chi connectivity index (χ4n) is 1.87. The van der Waals surface area contributed by atoms with Gasteiger partial charge in [-0.1, -0.05) is 28.9 Å². The zero-order valence-electron chi connectivity index (χ0n) is 12.2. The van der Waals surface area contributed by atoms with E-state index in [9.17, 15) is 4.79 Å². The Kier molecular flexibility index (Phi) is 5.39. The third kappa shape index (κ3) is 4.33. The number of anilines is 1. The lowest BCUT2D eigenvalue weighted by molar-refractivity contribution is 0.102. The molecule has 110 valence electrons. The number of hydrogen-bond acceptors (Lipinski definition) is 2. The second-order valence-corrected chi connectivity index (χ2v) is 5.65. The molecule has 2 rings (SSSR count). The van der Waals surface area contributed by atoms with Crippen molar-refractivity contribution in [1.29, 1.82) is 0 Å². The molecule has 4 heteroatoms. The van der Waals surface area contributed by atoms with E-state index < -0.39 is 0 Å². The summed E-state index contributed by atoms with van der Waals surface area (Å²) in [6, 6.07) is 13.0. The molecule has 2 aromatic rings. The molecule has 0 aliphatic heterocycles. The molecule has 0 aromatic heterocycles. The second kappa shape index (κ2) is 7.27. The van der Waals surface area contributed by atoms with Crippen LogP contribution in [-0.4, -0.2) is 12.5 Å². The fourth-order valence-corrected chi connectivity index (χ4v) is 2.12. The zero-order valence-corrected chi connectivity index (χ0v) is 13.7. The molecule has 0 spiro atoms. The minimum absolute atomic E-state index is 0.127. The molecule has 21 heavy (non-hydrogen) atoms. The summed E-state index contributed by atoms with van der Waals surface area (Å²) in [5.74, 6) is 0.639. The van der Waals surface area contributed by atoms with Crippen molar-refractivity contribution in [1.82, 2.24) is 0 Å². The third-order valence-electron chi connectivity index (χ3n) is 2.98. The Hall–Kier alpha value is -1.81. The zero-order chi connectivity index (χ0) is 15.2. The van der Waals surface area contributed by atoms with E-state index in [1.807, 2.05) is 43.3 Å². The van der Waals surface area contributed by atoms with Crippen molar-refractivity contribution in [2.24, 2.45) is 0 Å². The largest absolute Gasteiger partial charge is 0.494 e. The van der Waals surface area contributed by atoms with Gasteiger partial charge in [0.1, 0.15) is 5.75 Å². The molecule has 0 saturated heterocycles. The van der Waals surface area contributed by atoms with Crippen molar-refractivity contribution in [3.05, 3.63) is 58.1 Å². The van der Waals surface area contributed by atoms with Gasteiger partial charge in [-0.3, -0.25) is 4.79 Å². The number of aryl methyl sites for hydroxylation is 1. The quantitative estimate of drug-likeness (QED) is 0.843. The minimum Gasteiger partial charge on any atom is -0.494 e. The number of rotatable bonds is 5. The number of hydrogen-bond donors (Lipinski definition) is 1. The number of ether oxygens (including phenoxy) is 1. The predicted molar refractivity (Wildman–Crippen MR) is 89.1 cm³/mol. The van der Waals surface area contributed by atoms with Gasteiger partial charge in [0.2, 0.25) is 0 Å². The Morgan fingerprint density at radius 2 is 2.05 bits per heavy atom. The summed E-state index contributed by atoms with van der Waals surface area (Å²) in [6.07, 6.45) is 0.953. The Bertz CT molecular complexity index is 640. The number of carbonyl (C=O) groups excluding carboxylic acids is 1. The SMILES string of the molecule is CCCOc1cccc(NC(=O)c2ccc(Br)c(C)c2)c1. The van der Waals surface area contributed by atoms with Gasteiger partial charge in [-0.15, -0.1) is 0 Å². The van der Waals surface area contributed by atoms with Crippen LogP contribution in [0.15, 0.2) is 46.9 Å². The van der Waals surface area contributed by atoms with E-state index in [2.05, 4.69) is 28.2 Å². The van der Waals surface area contributed by atoms with E-state index in [1.54, 1.807) is 6.07 Å². The standard InChI is InChI=1S/C17H18BrNO2/c1-3-9-21-15-6-4-5-14(11-15)19-17(20)13-7-8-16(18)12(2)10-13/h4-8,10-11H,3,9H2,1-2H3,(H,19,20). The van der Waals surface area contributed by atoms with Gasteiger partial charge in [0.05, 0.1) is 6.61 Å². The van der Waals surface area contributed by atoms with Crippen LogP contribution in [0.5, 0.6) is 5.75 Å². The van der Waals surface area contributed by atoms with Gasteiger partial charge < -0.3 is 10.1 Å². The van der Waals surface area contributed by atoms with Crippen LogP contribution in [0, 0.1) is 6.92 Å². The highest BCUT2D eigenvalue weighted by Crippen LogP contribution is 2.20. The van der Waals surface area contributed by atoms with Crippen molar-refractivity contribution in [2.45, 2.75) is 20.3 Å². The van der Waals surface area contributed by atoms with Crippen LogP contribution in [0.2, 0.25) is 0 Å². The maximum Gasteiger partial charge on any atom is 0.255 e. The predicted octanol–water partition coefficient (Wildman–Crippen LogP) is 4.80. The Labute approximate surface area is 133 Å². The van der Waals surface area contributed by atoms with Crippen LogP contribution < -0.4 is 10.1 Å².